The number of hydrogen-bond acceptors (Lipinski definition) is 5. The summed E-state index contributed by atoms with van der Waals surface area (Å²) in [6.07, 6.45) is 0.492. The van der Waals surface area contributed by atoms with Crippen LogP contribution in [0.5, 0.6) is 0 Å². The van der Waals surface area contributed by atoms with E-state index >= 15 is 0 Å². The maximum absolute atomic E-state index is 10.3. The molecular weight excluding hydrogens is 280 g/mol. The number of likely N-dealkylation sites (tertiary alicyclic amines) is 1. The number of aliphatic hydroxyl groups is 1. The van der Waals surface area contributed by atoms with Gasteiger partial charge in [0, 0.05) is 43.2 Å². The minimum absolute atomic E-state index is 0.221. The highest BCUT2D eigenvalue weighted by molar-refractivity contribution is 5.10. The molecule has 0 saturated carbocycles. The fourth-order valence-corrected chi connectivity index (χ4v) is 3.02. The highest BCUT2D eigenvalue weighted by Gasteiger charge is 2.32. The van der Waals surface area contributed by atoms with E-state index < -0.39 is 0 Å². The largest absolute Gasteiger partial charge is 0.391 e. The molecular formula is C16H24N4O2. The van der Waals surface area contributed by atoms with E-state index in [0.717, 1.165) is 42.4 Å². The van der Waals surface area contributed by atoms with Gasteiger partial charge in [0.25, 0.3) is 0 Å². The topological polar surface area (TPSA) is 78.2 Å². The van der Waals surface area contributed by atoms with Gasteiger partial charge in [-0.05, 0) is 19.4 Å². The number of aromatic nitrogens is 3. The molecule has 6 nitrogen and oxygen atoms in total. The molecule has 0 spiro atoms. The molecule has 1 aliphatic heterocycles. The average Bonchev–Trinajstić information content (AvgIpc) is 3.14. The molecule has 2 N–H and O–H groups in total. The molecule has 1 fully saturated rings. The van der Waals surface area contributed by atoms with Crippen LogP contribution in [0.3, 0.4) is 0 Å². The lowest BCUT2D eigenvalue weighted by atomic mass is 10.0. The highest BCUT2D eigenvalue weighted by Crippen LogP contribution is 2.23. The van der Waals surface area contributed by atoms with Crippen molar-refractivity contribution in [1.29, 1.82) is 0 Å². The van der Waals surface area contributed by atoms with Gasteiger partial charge in [-0.15, -0.1) is 0 Å². The van der Waals surface area contributed by atoms with E-state index in [4.69, 9.17) is 4.52 Å². The molecule has 22 heavy (non-hydrogen) atoms. The first-order valence-electron chi connectivity index (χ1n) is 7.88. The third kappa shape index (κ3) is 3.39. The minimum Gasteiger partial charge on any atom is -0.391 e. The molecule has 120 valence electrons. The first-order valence-corrected chi connectivity index (χ1v) is 7.88. The van der Waals surface area contributed by atoms with Crippen LogP contribution in [-0.4, -0.2) is 44.6 Å². The van der Waals surface area contributed by atoms with Crippen molar-refractivity contribution in [2.45, 2.75) is 45.8 Å². The zero-order valence-corrected chi connectivity index (χ0v) is 13.4. The van der Waals surface area contributed by atoms with Crippen molar-refractivity contribution < 1.29 is 9.63 Å². The van der Waals surface area contributed by atoms with Crippen molar-refractivity contribution in [1.82, 2.24) is 20.3 Å². The zero-order chi connectivity index (χ0) is 15.7. The van der Waals surface area contributed by atoms with Crippen molar-refractivity contribution in [2.75, 3.05) is 13.1 Å². The number of aliphatic hydroxyl groups excluding tert-OH is 1. The number of H-pyrrole nitrogens is 1. The van der Waals surface area contributed by atoms with E-state index in [-0.39, 0.29) is 12.0 Å². The number of aromatic amines is 1. The highest BCUT2D eigenvalue weighted by atomic mass is 16.5. The molecule has 0 amide bonds. The van der Waals surface area contributed by atoms with Crippen LogP contribution in [-0.2, 0) is 13.0 Å². The van der Waals surface area contributed by atoms with Crippen molar-refractivity contribution in [3.05, 3.63) is 35.0 Å². The minimum atomic E-state index is -0.312. The van der Waals surface area contributed by atoms with Gasteiger partial charge in [0.1, 0.15) is 5.76 Å². The second-order valence-corrected chi connectivity index (χ2v) is 6.64. The molecule has 0 aromatic carbocycles. The summed E-state index contributed by atoms with van der Waals surface area (Å²) in [5, 5.41) is 21.6. The monoisotopic (exact) mass is 304 g/mol. The Labute approximate surface area is 130 Å². The van der Waals surface area contributed by atoms with E-state index in [1.165, 1.54) is 0 Å². The molecule has 2 aromatic rings. The molecule has 3 rings (SSSR count). The predicted octanol–water partition coefficient (Wildman–Crippen LogP) is 1.86. The fourth-order valence-electron chi connectivity index (χ4n) is 3.02. The van der Waals surface area contributed by atoms with E-state index in [1.807, 2.05) is 19.1 Å². The maximum atomic E-state index is 10.3. The molecule has 1 aliphatic rings. The Hall–Kier alpha value is -1.66. The molecule has 0 aliphatic carbocycles. The third-order valence-corrected chi connectivity index (χ3v) is 4.24. The number of nitrogens with one attached hydrogen (secondary N) is 1. The maximum Gasteiger partial charge on any atom is 0.139 e. The van der Waals surface area contributed by atoms with E-state index in [2.05, 4.69) is 34.1 Å². The van der Waals surface area contributed by atoms with Gasteiger partial charge in [0.15, 0.2) is 0 Å². The van der Waals surface area contributed by atoms with Crippen molar-refractivity contribution >= 4 is 0 Å². The number of nitrogens with zero attached hydrogens (tertiary/aromatic N) is 3. The Morgan fingerprint density at radius 1 is 1.36 bits per heavy atom. The Balaban J connectivity index is 1.57. The standard InChI is InChI=1S/C16H24N4O2/c1-10(2)16-6-14(19-22-16)8-20-7-12(15(21)9-20)5-13-4-11(3)17-18-13/h4,6,10,12,15,21H,5,7-9H2,1-3H3,(H,17,18)/t12-,15-/m1/s1. The van der Waals surface area contributed by atoms with Crippen molar-refractivity contribution in [3.8, 4) is 0 Å². The molecule has 2 atom stereocenters. The Morgan fingerprint density at radius 3 is 2.82 bits per heavy atom. The number of aryl methyl sites for hydroxylation is 1. The first-order chi connectivity index (χ1) is 10.5. The van der Waals surface area contributed by atoms with Crippen molar-refractivity contribution in [3.63, 3.8) is 0 Å². The summed E-state index contributed by atoms with van der Waals surface area (Å²) in [5.74, 6) is 1.48. The first kappa shape index (κ1) is 15.2. The van der Waals surface area contributed by atoms with Crippen LogP contribution in [0.4, 0.5) is 0 Å². The zero-order valence-electron chi connectivity index (χ0n) is 13.4. The molecule has 6 heteroatoms. The predicted molar refractivity (Wildman–Crippen MR) is 82.4 cm³/mol. The van der Waals surface area contributed by atoms with Crippen LogP contribution < -0.4 is 0 Å². The molecule has 0 bridgehead atoms. The SMILES string of the molecule is Cc1cc(C[C@@H]2CN(Cc3cc(C(C)C)on3)C[C@H]2O)n[nH]1. The summed E-state index contributed by atoms with van der Waals surface area (Å²) >= 11 is 0. The molecule has 0 radical (unpaired) electrons. The van der Waals surface area contributed by atoms with Crippen LogP contribution in [0.25, 0.3) is 0 Å². The molecule has 3 heterocycles. The summed E-state index contributed by atoms with van der Waals surface area (Å²) in [6, 6.07) is 4.06. The molecule has 1 saturated heterocycles. The lowest BCUT2D eigenvalue weighted by molar-refractivity contribution is 0.140. The third-order valence-electron chi connectivity index (χ3n) is 4.24. The van der Waals surface area contributed by atoms with Crippen LogP contribution in [0.2, 0.25) is 0 Å². The second kappa shape index (κ2) is 6.22. The Kier molecular flexibility index (Phi) is 4.31. The quantitative estimate of drug-likeness (QED) is 0.881. The van der Waals surface area contributed by atoms with Gasteiger partial charge in [-0.25, -0.2) is 0 Å². The number of rotatable bonds is 5. The van der Waals surface area contributed by atoms with Crippen molar-refractivity contribution in [2.24, 2.45) is 5.92 Å². The van der Waals surface area contributed by atoms with Gasteiger partial charge >= 0.3 is 0 Å². The average molecular weight is 304 g/mol. The summed E-state index contributed by atoms with van der Waals surface area (Å²) in [7, 11) is 0. The van der Waals surface area contributed by atoms with Crippen LogP contribution in [0.1, 0.15) is 42.6 Å². The lowest BCUT2D eigenvalue weighted by Gasteiger charge is -2.13. The lowest BCUT2D eigenvalue weighted by Crippen LogP contribution is -2.21. The fraction of sp³-hybridized carbons (Fsp3) is 0.625. The van der Waals surface area contributed by atoms with Gasteiger partial charge < -0.3 is 9.63 Å². The summed E-state index contributed by atoms with van der Waals surface area (Å²) in [5.41, 5.74) is 3.02. The van der Waals surface area contributed by atoms with Crippen LogP contribution in [0.15, 0.2) is 16.7 Å². The van der Waals surface area contributed by atoms with Gasteiger partial charge in [-0.2, -0.15) is 5.10 Å². The summed E-state index contributed by atoms with van der Waals surface area (Å²) in [6.45, 7) is 8.43. The Morgan fingerprint density at radius 2 is 2.18 bits per heavy atom. The number of β-amino-alcohol motifs (C(OH)–C–C–N with tert-alkyl or cyclic N) is 1. The normalized spacial score (nSPS) is 22.8. The van der Waals surface area contributed by atoms with Gasteiger partial charge in [-0.1, -0.05) is 19.0 Å². The smallest absolute Gasteiger partial charge is 0.139 e. The second-order valence-electron chi connectivity index (χ2n) is 6.64. The van der Waals surface area contributed by atoms with Gasteiger partial charge in [0.2, 0.25) is 0 Å². The molecule has 2 aromatic heterocycles. The van der Waals surface area contributed by atoms with Crippen LogP contribution >= 0.6 is 0 Å². The Bertz CT molecular complexity index is 619. The number of hydrogen-bond donors (Lipinski definition) is 2. The van der Waals surface area contributed by atoms with Crippen LogP contribution in [0, 0.1) is 12.8 Å². The van der Waals surface area contributed by atoms with Gasteiger partial charge in [0.05, 0.1) is 17.5 Å². The van der Waals surface area contributed by atoms with E-state index in [0.29, 0.717) is 12.5 Å². The molecule has 0 unspecified atom stereocenters. The van der Waals surface area contributed by atoms with E-state index in [1.54, 1.807) is 0 Å². The summed E-state index contributed by atoms with van der Waals surface area (Å²) < 4.78 is 5.34. The summed E-state index contributed by atoms with van der Waals surface area (Å²) in [4.78, 5) is 2.23. The van der Waals surface area contributed by atoms with E-state index in [9.17, 15) is 5.11 Å². The van der Waals surface area contributed by atoms with Gasteiger partial charge in [-0.3, -0.25) is 10.00 Å².